The molecule has 146 valence electrons. The molecule has 0 unspecified atom stereocenters. The lowest BCUT2D eigenvalue weighted by Crippen LogP contribution is -2.40. The predicted molar refractivity (Wildman–Crippen MR) is 96.7 cm³/mol. The Bertz CT molecular complexity index is 723. The summed E-state index contributed by atoms with van der Waals surface area (Å²) in [6.45, 7) is 6.82. The zero-order valence-corrected chi connectivity index (χ0v) is 16.5. The number of methoxy groups -OCH3 is 1. The van der Waals surface area contributed by atoms with Crippen molar-refractivity contribution in [3.05, 3.63) is 29.8 Å². The van der Waals surface area contributed by atoms with Gasteiger partial charge in [0.15, 0.2) is 9.84 Å². The number of carbonyl (C=O) groups is 2. The fourth-order valence-corrected chi connectivity index (χ4v) is 2.92. The van der Waals surface area contributed by atoms with E-state index in [9.17, 15) is 18.0 Å². The molecule has 0 saturated heterocycles. The molecule has 0 aromatic heterocycles. The molecule has 0 fully saturated rings. The number of hydrogen-bond acceptors (Lipinski definition) is 6. The summed E-state index contributed by atoms with van der Waals surface area (Å²) >= 11 is 0. The average Bonchev–Trinajstić information content (AvgIpc) is 2.56. The van der Waals surface area contributed by atoms with Crippen LogP contribution < -0.4 is 10.6 Å². The number of hydrogen-bond donors (Lipinski definition) is 2. The molecule has 0 radical (unpaired) electrons. The van der Waals surface area contributed by atoms with Crippen LogP contribution in [-0.4, -0.2) is 45.6 Å². The highest BCUT2D eigenvalue weighted by Crippen LogP contribution is 2.18. The van der Waals surface area contributed by atoms with E-state index in [0.717, 1.165) is 0 Å². The van der Waals surface area contributed by atoms with Gasteiger partial charge in [-0.05, 0) is 38.5 Å². The number of carbonyl (C=O) groups excluding carboxylic acids is 2. The first kappa shape index (κ1) is 21.8. The van der Waals surface area contributed by atoms with E-state index in [1.54, 1.807) is 39.8 Å². The van der Waals surface area contributed by atoms with Crippen LogP contribution in [0.15, 0.2) is 29.2 Å². The molecule has 26 heavy (non-hydrogen) atoms. The standard InChI is InChI=1S/C17H26N2O6S/c1-6-26(22,23)13-9-7-12(8-10-13)14(11-18-15(20)24-5)19-16(21)25-17(2,3)4/h7-10,14H,6,11H2,1-5H3,(H,18,20)(H,19,21)/t14-/m0/s1. The molecule has 1 aromatic rings. The van der Waals surface area contributed by atoms with Crippen molar-refractivity contribution in [1.82, 2.24) is 10.6 Å². The molecule has 8 nitrogen and oxygen atoms in total. The molecule has 0 bridgehead atoms. The van der Waals surface area contributed by atoms with E-state index < -0.39 is 33.7 Å². The van der Waals surface area contributed by atoms with Crippen LogP contribution in [0.25, 0.3) is 0 Å². The van der Waals surface area contributed by atoms with Gasteiger partial charge in [-0.15, -0.1) is 0 Å². The number of ether oxygens (including phenoxy) is 2. The van der Waals surface area contributed by atoms with Crippen molar-refractivity contribution >= 4 is 22.0 Å². The van der Waals surface area contributed by atoms with Crippen LogP contribution in [0.3, 0.4) is 0 Å². The Balaban J connectivity index is 3.00. The van der Waals surface area contributed by atoms with E-state index in [4.69, 9.17) is 4.74 Å². The summed E-state index contributed by atoms with van der Waals surface area (Å²) in [6, 6.07) is 5.49. The Morgan fingerprint density at radius 3 is 2.15 bits per heavy atom. The molecular formula is C17H26N2O6S. The first-order chi connectivity index (χ1) is 12.0. The molecule has 1 rings (SSSR count). The Kier molecular flexibility index (Phi) is 7.43. The SMILES string of the molecule is CCS(=O)(=O)c1ccc([C@H](CNC(=O)OC)NC(=O)OC(C)(C)C)cc1. The van der Waals surface area contributed by atoms with E-state index in [1.165, 1.54) is 19.2 Å². The summed E-state index contributed by atoms with van der Waals surface area (Å²) < 4.78 is 33.6. The van der Waals surface area contributed by atoms with Crippen molar-refractivity contribution in [2.45, 2.75) is 44.2 Å². The average molecular weight is 386 g/mol. The van der Waals surface area contributed by atoms with E-state index >= 15 is 0 Å². The fraction of sp³-hybridized carbons (Fsp3) is 0.529. The second-order valence-electron chi connectivity index (χ2n) is 6.54. The first-order valence-corrected chi connectivity index (χ1v) is 9.77. The summed E-state index contributed by atoms with van der Waals surface area (Å²) in [4.78, 5) is 23.6. The smallest absolute Gasteiger partial charge is 0.408 e. The van der Waals surface area contributed by atoms with Crippen LogP contribution in [0.5, 0.6) is 0 Å². The minimum Gasteiger partial charge on any atom is -0.453 e. The van der Waals surface area contributed by atoms with Gasteiger partial charge in [0.25, 0.3) is 0 Å². The van der Waals surface area contributed by atoms with Gasteiger partial charge >= 0.3 is 12.2 Å². The minimum atomic E-state index is -3.32. The number of rotatable bonds is 6. The second kappa shape index (κ2) is 8.88. The molecule has 2 amide bonds. The van der Waals surface area contributed by atoms with E-state index in [0.29, 0.717) is 5.56 Å². The van der Waals surface area contributed by atoms with Gasteiger partial charge in [-0.2, -0.15) is 0 Å². The lowest BCUT2D eigenvalue weighted by molar-refractivity contribution is 0.0502. The number of alkyl carbamates (subject to hydrolysis) is 2. The molecule has 1 atom stereocenters. The van der Waals surface area contributed by atoms with E-state index in [1.807, 2.05) is 0 Å². The van der Waals surface area contributed by atoms with Crippen LogP contribution in [-0.2, 0) is 19.3 Å². The van der Waals surface area contributed by atoms with E-state index in [-0.39, 0.29) is 17.2 Å². The molecule has 2 N–H and O–H groups in total. The van der Waals surface area contributed by atoms with Crippen molar-refractivity contribution in [3.63, 3.8) is 0 Å². The number of amides is 2. The Morgan fingerprint density at radius 1 is 1.12 bits per heavy atom. The summed E-state index contributed by atoms with van der Waals surface area (Å²) in [6.07, 6.45) is -1.30. The third-order valence-electron chi connectivity index (χ3n) is 3.35. The topological polar surface area (TPSA) is 111 Å². The summed E-state index contributed by atoms with van der Waals surface area (Å²) in [5, 5.41) is 5.17. The fourth-order valence-electron chi connectivity index (χ4n) is 2.03. The summed E-state index contributed by atoms with van der Waals surface area (Å²) in [7, 11) is -2.09. The van der Waals surface area contributed by atoms with Crippen LogP contribution in [0, 0.1) is 0 Å². The first-order valence-electron chi connectivity index (χ1n) is 8.12. The van der Waals surface area contributed by atoms with Crippen LogP contribution in [0.4, 0.5) is 9.59 Å². The third kappa shape index (κ3) is 6.91. The van der Waals surface area contributed by atoms with Crippen molar-refractivity contribution < 1.29 is 27.5 Å². The van der Waals surface area contributed by atoms with Crippen molar-refractivity contribution in [2.24, 2.45) is 0 Å². The van der Waals surface area contributed by atoms with Gasteiger partial charge in [0, 0.05) is 6.54 Å². The molecule has 0 aliphatic carbocycles. The van der Waals surface area contributed by atoms with Gasteiger partial charge in [0.2, 0.25) is 0 Å². The highest BCUT2D eigenvalue weighted by Gasteiger charge is 2.22. The maximum absolute atomic E-state index is 12.1. The maximum Gasteiger partial charge on any atom is 0.408 e. The van der Waals surface area contributed by atoms with Gasteiger partial charge in [0.1, 0.15) is 5.60 Å². The van der Waals surface area contributed by atoms with Crippen LogP contribution in [0.1, 0.15) is 39.3 Å². The normalized spacial score (nSPS) is 12.8. The Hall–Kier alpha value is -2.29. The molecule has 9 heteroatoms. The molecule has 0 heterocycles. The van der Waals surface area contributed by atoms with Crippen molar-refractivity contribution in [2.75, 3.05) is 19.4 Å². The summed E-state index contributed by atoms with van der Waals surface area (Å²) in [5.41, 5.74) is -0.0639. The predicted octanol–water partition coefficient (Wildman–Crippen LogP) is 2.40. The molecule has 0 spiro atoms. The number of sulfone groups is 1. The molecule has 1 aromatic carbocycles. The van der Waals surface area contributed by atoms with Crippen molar-refractivity contribution in [1.29, 1.82) is 0 Å². The third-order valence-corrected chi connectivity index (χ3v) is 5.10. The minimum absolute atomic E-state index is 0.00414. The zero-order valence-electron chi connectivity index (χ0n) is 15.7. The van der Waals surface area contributed by atoms with Crippen LogP contribution in [0.2, 0.25) is 0 Å². The van der Waals surface area contributed by atoms with Crippen LogP contribution >= 0.6 is 0 Å². The molecule has 0 aliphatic heterocycles. The Morgan fingerprint density at radius 2 is 1.69 bits per heavy atom. The second-order valence-corrected chi connectivity index (χ2v) is 8.82. The highest BCUT2D eigenvalue weighted by atomic mass is 32.2. The van der Waals surface area contributed by atoms with Gasteiger partial charge in [-0.25, -0.2) is 18.0 Å². The van der Waals surface area contributed by atoms with Gasteiger partial charge in [-0.3, -0.25) is 0 Å². The molecule has 0 aliphatic rings. The highest BCUT2D eigenvalue weighted by molar-refractivity contribution is 7.91. The van der Waals surface area contributed by atoms with Gasteiger partial charge in [0.05, 0.1) is 23.8 Å². The van der Waals surface area contributed by atoms with Crippen molar-refractivity contribution in [3.8, 4) is 0 Å². The lowest BCUT2D eigenvalue weighted by atomic mass is 10.1. The van der Waals surface area contributed by atoms with E-state index in [2.05, 4.69) is 15.4 Å². The van der Waals surface area contributed by atoms with Gasteiger partial charge < -0.3 is 20.1 Å². The largest absolute Gasteiger partial charge is 0.453 e. The van der Waals surface area contributed by atoms with Gasteiger partial charge in [-0.1, -0.05) is 19.1 Å². The zero-order chi connectivity index (χ0) is 20.0. The number of benzene rings is 1. The maximum atomic E-state index is 12.1. The quantitative estimate of drug-likeness (QED) is 0.777. The monoisotopic (exact) mass is 386 g/mol. The summed E-state index contributed by atoms with van der Waals surface area (Å²) in [5.74, 6) is -0.00414. The number of nitrogens with one attached hydrogen (secondary N) is 2. The lowest BCUT2D eigenvalue weighted by Gasteiger charge is -2.24. The molecule has 0 saturated carbocycles. The Labute approximate surface area is 154 Å². The molecular weight excluding hydrogens is 360 g/mol.